The van der Waals surface area contributed by atoms with E-state index in [0.717, 1.165) is 23.9 Å². The molecule has 2 heterocycles. The van der Waals surface area contributed by atoms with Crippen LogP contribution < -0.4 is 4.90 Å². The molecule has 2 atom stereocenters. The van der Waals surface area contributed by atoms with Crippen LogP contribution in [0.5, 0.6) is 0 Å². The molecule has 1 aliphatic rings. The average molecular weight is 259 g/mol. The fraction of sp³-hybridized carbons (Fsp3) is 0.583. The lowest BCUT2D eigenvalue weighted by Gasteiger charge is -2.27. The molecule has 2 rings (SSSR count). The van der Waals surface area contributed by atoms with Gasteiger partial charge in [-0.3, -0.25) is 4.79 Å². The summed E-state index contributed by atoms with van der Waals surface area (Å²) in [4.78, 5) is 14.2. The summed E-state index contributed by atoms with van der Waals surface area (Å²) in [7, 11) is 0. The van der Waals surface area contributed by atoms with E-state index in [1.807, 2.05) is 6.07 Å². The van der Waals surface area contributed by atoms with Gasteiger partial charge in [0.2, 0.25) is 5.78 Å². The number of piperidine rings is 1. The highest BCUT2D eigenvalue weighted by Crippen LogP contribution is 2.21. The van der Waals surface area contributed by atoms with Gasteiger partial charge in [0.15, 0.2) is 0 Å². The van der Waals surface area contributed by atoms with E-state index in [1.165, 1.54) is 29.1 Å². The molecule has 0 amide bonds. The van der Waals surface area contributed by atoms with Crippen LogP contribution in [-0.2, 0) is 0 Å². The van der Waals surface area contributed by atoms with E-state index in [1.54, 1.807) is 6.07 Å². The molecule has 4 heteroatoms. The Morgan fingerprint density at radius 3 is 3.06 bits per heavy atom. The normalized spacial score (nSPS) is 25.6. The van der Waals surface area contributed by atoms with Crippen LogP contribution in [0, 0.1) is 5.92 Å². The van der Waals surface area contributed by atoms with Gasteiger partial charge in [-0.2, -0.15) is 0 Å². The molecular weight excluding hydrogens is 242 g/mol. The van der Waals surface area contributed by atoms with Crippen LogP contribution in [0.25, 0.3) is 0 Å². The van der Waals surface area contributed by atoms with Crippen molar-refractivity contribution in [2.24, 2.45) is 5.92 Å². The van der Waals surface area contributed by atoms with Crippen LogP contribution in [0.1, 0.15) is 29.4 Å². The van der Waals surface area contributed by atoms with E-state index in [0.29, 0.717) is 10.9 Å². The molecule has 1 fully saturated rings. The largest absolute Gasteiger partial charge is 0.328 e. The van der Waals surface area contributed by atoms with Crippen molar-refractivity contribution in [2.45, 2.75) is 19.8 Å². The third-order valence-electron chi connectivity index (χ3n) is 3.12. The Hall–Kier alpha value is -0.380. The summed E-state index contributed by atoms with van der Waals surface area (Å²) in [6.07, 6.45) is 2.55. The molecule has 1 aromatic rings. The molecule has 1 saturated heterocycles. The highest BCUT2D eigenvalue weighted by atomic mass is 35.5. The first-order chi connectivity index (χ1) is 7.65. The summed E-state index contributed by atoms with van der Waals surface area (Å²) in [6.45, 7) is 5.16. The Kier molecular flexibility index (Phi) is 4.00. The highest BCUT2D eigenvalue weighted by molar-refractivity contribution is 7.18. The van der Waals surface area contributed by atoms with Crippen LogP contribution in [0.4, 0.5) is 0 Å². The Labute approximate surface area is 105 Å². The molecule has 0 aromatic carbocycles. The van der Waals surface area contributed by atoms with Gasteiger partial charge in [0.25, 0.3) is 0 Å². The second-order valence-electron chi connectivity index (χ2n) is 4.66. The van der Waals surface area contributed by atoms with Crippen LogP contribution in [0.2, 0.25) is 4.34 Å². The van der Waals surface area contributed by atoms with Crippen molar-refractivity contribution < 1.29 is 9.69 Å². The number of ketones is 1. The number of Topliss-reactive ketones (excluding diaryl/α,β-unsaturated/α-hetero) is 1. The lowest BCUT2D eigenvalue weighted by molar-refractivity contribution is -0.900. The van der Waals surface area contributed by atoms with Crippen molar-refractivity contribution in [1.82, 2.24) is 0 Å². The molecule has 0 saturated carbocycles. The lowest BCUT2D eigenvalue weighted by Crippen LogP contribution is -3.14. The zero-order valence-electron chi connectivity index (χ0n) is 9.46. The Balaban J connectivity index is 1.92. The van der Waals surface area contributed by atoms with Gasteiger partial charge in [-0.1, -0.05) is 18.5 Å². The van der Waals surface area contributed by atoms with E-state index in [2.05, 4.69) is 6.92 Å². The summed E-state index contributed by atoms with van der Waals surface area (Å²) in [5, 5.41) is 0. The maximum atomic E-state index is 12.0. The number of hydrogen-bond donors (Lipinski definition) is 1. The van der Waals surface area contributed by atoms with Gasteiger partial charge >= 0.3 is 0 Å². The van der Waals surface area contributed by atoms with Gasteiger partial charge in [0, 0.05) is 5.92 Å². The first-order valence-electron chi connectivity index (χ1n) is 5.77. The molecule has 0 aliphatic carbocycles. The molecule has 0 radical (unpaired) electrons. The molecule has 2 nitrogen and oxygen atoms in total. The predicted molar refractivity (Wildman–Crippen MR) is 67.6 cm³/mol. The van der Waals surface area contributed by atoms with E-state index in [9.17, 15) is 4.79 Å². The van der Waals surface area contributed by atoms with Gasteiger partial charge in [-0.05, 0) is 25.0 Å². The number of carbonyl (C=O) groups is 1. The quantitative estimate of drug-likeness (QED) is 0.822. The van der Waals surface area contributed by atoms with Crippen LogP contribution in [0.3, 0.4) is 0 Å². The zero-order chi connectivity index (χ0) is 11.5. The predicted octanol–water partition coefficient (Wildman–Crippen LogP) is 1.90. The first-order valence-corrected chi connectivity index (χ1v) is 6.96. The second-order valence-corrected chi connectivity index (χ2v) is 6.37. The van der Waals surface area contributed by atoms with E-state index >= 15 is 0 Å². The van der Waals surface area contributed by atoms with Crippen molar-refractivity contribution in [3.05, 3.63) is 21.3 Å². The summed E-state index contributed by atoms with van der Waals surface area (Å²) in [6, 6.07) is 3.63. The maximum Gasteiger partial charge on any atom is 0.226 e. The van der Waals surface area contributed by atoms with E-state index in [4.69, 9.17) is 11.6 Å². The van der Waals surface area contributed by atoms with Gasteiger partial charge < -0.3 is 4.90 Å². The van der Waals surface area contributed by atoms with Gasteiger partial charge in [0.1, 0.15) is 6.54 Å². The monoisotopic (exact) mass is 258 g/mol. The number of nitrogens with one attached hydrogen (secondary N) is 1. The fourth-order valence-electron chi connectivity index (χ4n) is 2.34. The molecular formula is C12H17ClNOS+. The zero-order valence-corrected chi connectivity index (χ0v) is 11.0. The Bertz CT molecular complexity index is 377. The van der Waals surface area contributed by atoms with Gasteiger partial charge in [-0.25, -0.2) is 0 Å². The minimum Gasteiger partial charge on any atom is -0.328 e. The molecule has 1 aliphatic heterocycles. The summed E-state index contributed by atoms with van der Waals surface area (Å²) in [5.41, 5.74) is 0. The van der Waals surface area contributed by atoms with E-state index < -0.39 is 0 Å². The minimum atomic E-state index is 0.237. The fourth-order valence-corrected chi connectivity index (χ4v) is 3.32. The van der Waals surface area contributed by atoms with Crippen molar-refractivity contribution in [2.75, 3.05) is 19.6 Å². The minimum absolute atomic E-state index is 0.237. The first kappa shape index (κ1) is 12.1. The summed E-state index contributed by atoms with van der Waals surface area (Å²) in [5.74, 6) is 0.990. The summed E-state index contributed by atoms with van der Waals surface area (Å²) < 4.78 is 0.699. The van der Waals surface area contributed by atoms with Gasteiger partial charge in [-0.15, -0.1) is 11.3 Å². The van der Waals surface area contributed by atoms with E-state index in [-0.39, 0.29) is 5.78 Å². The topological polar surface area (TPSA) is 21.5 Å². The summed E-state index contributed by atoms with van der Waals surface area (Å²) >= 11 is 7.22. The number of hydrogen-bond acceptors (Lipinski definition) is 2. The van der Waals surface area contributed by atoms with Crippen molar-refractivity contribution >= 4 is 28.7 Å². The number of thiophene rings is 1. The third kappa shape index (κ3) is 3.06. The second kappa shape index (κ2) is 5.30. The Morgan fingerprint density at radius 2 is 2.44 bits per heavy atom. The average Bonchev–Trinajstić information content (AvgIpc) is 2.65. The molecule has 1 unspecified atom stereocenters. The molecule has 0 bridgehead atoms. The van der Waals surface area contributed by atoms with Crippen LogP contribution in [0.15, 0.2) is 12.1 Å². The Morgan fingerprint density at radius 1 is 1.62 bits per heavy atom. The maximum absolute atomic E-state index is 12.0. The van der Waals surface area contributed by atoms with Crippen molar-refractivity contribution in [1.29, 1.82) is 0 Å². The SMILES string of the molecule is C[C@@H]1CCC[NH+](CC(=O)c2ccc(Cl)s2)C1. The van der Waals surface area contributed by atoms with Crippen molar-refractivity contribution in [3.8, 4) is 0 Å². The standard InChI is InChI=1S/C12H16ClNOS/c1-9-3-2-6-14(7-9)8-10(15)11-4-5-12(13)16-11/h4-5,9H,2-3,6-8H2,1H3/p+1/t9-/m1/s1. The number of quaternary nitrogens is 1. The highest BCUT2D eigenvalue weighted by Gasteiger charge is 2.23. The van der Waals surface area contributed by atoms with Crippen LogP contribution >= 0.6 is 22.9 Å². The smallest absolute Gasteiger partial charge is 0.226 e. The molecule has 88 valence electrons. The van der Waals surface area contributed by atoms with Gasteiger partial charge in [0.05, 0.1) is 22.3 Å². The lowest BCUT2D eigenvalue weighted by atomic mass is 10.0. The number of likely N-dealkylation sites (tertiary alicyclic amines) is 1. The number of rotatable bonds is 3. The number of carbonyl (C=O) groups excluding carboxylic acids is 1. The molecule has 0 spiro atoms. The molecule has 1 aromatic heterocycles. The molecule has 16 heavy (non-hydrogen) atoms. The van der Waals surface area contributed by atoms with Crippen molar-refractivity contribution in [3.63, 3.8) is 0 Å². The number of halogens is 1. The molecule has 1 N–H and O–H groups in total. The third-order valence-corrected chi connectivity index (χ3v) is 4.40. The van der Waals surface area contributed by atoms with Crippen LogP contribution in [-0.4, -0.2) is 25.4 Å².